The quantitative estimate of drug-likeness (QED) is 0.457. The summed E-state index contributed by atoms with van der Waals surface area (Å²) < 4.78 is 6.61. The average molecular weight is 483 g/mol. The van der Waals surface area contributed by atoms with E-state index in [1.54, 1.807) is 0 Å². The number of ether oxygens (including phenoxy) is 1. The van der Waals surface area contributed by atoms with Crippen molar-refractivity contribution >= 4 is 0 Å². The summed E-state index contributed by atoms with van der Waals surface area (Å²) in [6, 6.07) is 8.39. The average Bonchev–Trinajstić information content (AvgIpc) is 2.64. The predicted octanol–water partition coefficient (Wildman–Crippen LogP) is 9.13. The molecule has 0 saturated heterocycles. The van der Waals surface area contributed by atoms with E-state index in [1.165, 1.54) is 0 Å². The Kier molecular flexibility index (Phi) is 7.91. The van der Waals surface area contributed by atoms with E-state index in [4.69, 9.17) is 4.74 Å². The molecule has 2 N–H and O–H groups in total. The van der Waals surface area contributed by atoms with Crippen LogP contribution in [0.4, 0.5) is 0 Å². The Bertz CT molecular complexity index is 895. The van der Waals surface area contributed by atoms with Crippen LogP contribution in [0.15, 0.2) is 24.3 Å². The molecule has 0 heterocycles. The second-order valence-electron chi connectivity index (χ2n) is 14.3. The zero-order chi connectivity index (χ0) is 27.3. The number of phenols is 2. The summed E-state index contributed by atoms with van der Waals surface area (Å²) in [5.41, 5.74) is 5.14. The van der Waals surface area contributed by atoms with Crippen LogP contribution in [0.3, 0.4) is 0 Å². The molecule has 0 saturated carbocycles. The van der Waals surface area contributed by atoms with Crippen LogP contribution >= 0.6 is 0 Å². The Morgan fingerprint density at radius 2 is 0.686 bits per heavy atom. The Balaban J connectivity index is 2.56. The molecule has 0 aliphatic heterocycles. The lowest BCUT2D eigenvalue weighted by Crippen LogP contribution is -2.19. The van der Waals surface area contributed by atoms with Crippen molar-refractivity contribution in [3.63, 3.8) is 0 Å². The number of rotatable bonds is 4. The first-order chi connectivity index (χ1) is 15.5. The van der Waals surface area contributed by atoms with Gasteiger partial charge in [-0.15, -0.1) is 0 Å². The number of hydrogen-bond acceptors (Lipinski definition) is 3. The lowest BCUT2D eigenvalue weighted by Gasteiger charge is -2.31. The van der Waals surface area contributed by atoms with E-state index >= 15 is 0 Å². The van der Waals surface area contributed by atoms with E-state index in [0.29, 0.717) is 11.5 Å². The van der Waals surface area contributed by atoms with Gasteiger partial charge in [0.2, 0.25) is 0 Å². The van der Waals surface area contributed by atoms with Gasteiger partial charge in [-0.1, -0.05) is 83.1 Å². The summed E-state index contributed by atoms with van der Waals surface area (Å²) in [6.07, 6.45) is -0.337. The van der Waals surface area contributed by atoms with Crippen LogP contribution in [0.5, 0.6) is 11.5 Å². The van der Waals surface area contributed by atoms with Crippen LogP contribution in [-0.2, 0) is 26.4 Å². The first-order valence-corrected chi connectivity index (χ1v) is 13.0. The van der Waals surface area contributed by atoms with Crippen molar-refractivity contribution in [2.45, 2.75) is 131 Å². The third-order valence-corrected chi connectivity index (χ3v) is 6.84. The maximum Gasteiger partial charge on any atom is 0.123 e. The molecule has 0 radical (unpaired) electrons. The van der Waals surface area contributed by atoms with Crippen LogP contribution in [0.25, 0.3) is 0 Å². The Morgan fingerprint density at radius 1 is 0.486 bits per heavy atom. The van der Waals surface area contributed by atoms with E-state index in [0.717, 1.165) is 33.4 Å². The molecule has 2 rings (SSSR count). The highest BCUT2D eigenvalue weighted by atomic mass is 16.5. The zero-order valence-corrected chi connectivity index (χ0v) is 24.8. The van der Waals surface area contributed by atoms with Gasteiger partial charge in [0.1, 0.15) is 11.5 Å². The standard InChI is InChI=1S/C32H50O3/c1-19(21-15-23(29(3,4)5)27(33)24(16-21)30(6,7)8)35-20(2)22-17-25(31(9,10)11)28(34)26(18-22)32(12,13)14/h15-20,33-34H,1-14H3. The van der Waals surface area contributed by atoms with Crippen molar-refractivity contribution in [2.75, 3.05) is 0 Å². The molecule has 2 atom stereocenters. The lowest BCUT2D eigenvalue weighted by atomic mass is 9.77. The fourth-order valence-corrected chi connectivity index (χ4v) is 4.53. The summed E-state index contributed by atoms with van der Waals surface area (Å²) in [4.78, 5) is 0. The van der Waals surface area contributed by atoms with Gasteiger partial charge < -0.3 is 14.9 Å². The first-order valence-electron chi connectivity index (χ1n) is 13.0. The van der Waals surface area contributed by atoms with Crippen molar-refractivity contribution in [3.05, 3.63) is 57.6 Å². The van der Waals surface area contributed by atoms with Gasteiger partial charge in [-0.25, -0.2) is 0 Å². The summed E-state index contributed by atoms with van der Waals surface area (Å²) in [5, 5.41) is 22.2. The fourth-order valence-electron chi connectivity index (χ4n) is 4.53. The van der Waals surface area contributed by atoms with Gasteiger partial charge in [0.25, 0.3) is 0 Å². The predicted molar refractivity (Wildman–Crippen MR) is 149 cm³/mol. The second-order valence-corrected chi connectivity index (χ2v) is 14.3. The number of hydrogen-bond donors (Lipinski definition) is 2. The van der Waals surface area contributed by atoms with E-state index in [9.17, 15) is 10.2 Å². The lowest BCUT2D eigenvalue weighted by molar-refractivity contribution is 0.00556. The van der Waals surface area contributed by atoms with Crippen LogP contribution < -0.4 is 0 Å². The van der Waals surface area contributed by atoms with E-state index in [1.807, 2.05) is 0 Å². The highest BCUT2D eigenvalue weighted by Crippen LogP contribution is 2.44. The maximum absolute atomic E-state index is 11.1. The van der Waals surface area contributed by atoms with Crippen molar-refractivity contribution < 1.29 is 14.9 Å². The van der Waals surface area contributed by atoms with Gasteiger partial charge in [0, 0.05) is 0 Å². The minimum Gasteiger partial charge on any atom is -0.507 e. The molecular formula is C32H50O3. The minimum atomic E-state index is -0.189. The SMILES string of the molecule is CC(OC(C)c1cc(C(C)(C)C)c(O)c(C(C)(C)C)c1)c1cc(C(C)(C)C)c(O)c(C(C)(C)C)c1. The molecule has 2 aromatic rings. The highest BCUT2D eigenvalue weighted by Gasteiger charge is 2.30. The van der Waals surface area contributed by atoms with Gasteiger partial charge >= 0.3 is 0 Å². The Labute approximate surface area is 214 Å². The third kappa shape index (κ3) is 6.61. The highest BCUT2D eigenvalue weighted by molar-refractivity contribution is 5.51. The number of aromatic hydroxyl groups is 2. The molecule has 3 nitrogen and oxygen atoms in total. The van der Waals surface area contributed by atoms with Gasteiger partial charge in [-0.2, -0.15) is 0 Å². The van der Waals surface area contributed by atoms with Gasteiger partial charge in [0.05, 0.1) is 12.2 Å². The molecule has 0 aliphatic carbocycles. The van der Waals surface area contributed by atoms with Crippen molar-refractivity contribution in [1.82, 2.24) is 0 Å². The third-order valence-electron chi connectivity index (χ3n) is 6.84. The molecule has 0 amide bonds. The summed E-state index contributed by atoms with van der Waals surface area (Å²) in [6.45, 7) is 29.7. The molecule has 35 heavy (non-hydrogen) atoms. The molecule has 0 aromatic heterocycles. The van der Waals surface area contributed by atoms with Crippen molar-refractivity contribution in [2.24, 2.45) is 0 Å². The smallest absolute Gasteiger partial charge is 0.123 e. The molecule has 0 fully saturated rings. The summed E-state index contributed by atoms with van der Waals surface area (Å²) >= 11 is 0. The fraction of sp³-hybridized carbons (Fsp3) is 0.625. The van der Waals surface area contributed by atoms with Gasteiger partial charge in [-0.3, -0.25) is 0 Å². The molecule has 196 valence electrons. The topological polar surface area (TPSA) is 49.7 Å². The normalized spacial score (nSPS) is 15.3. The zero-order valence-electron chi connectivity index (χ0n) is 24.8. The Morgan fingerprint density at radius 3 is 0.857 bits per heavy atom. The second kappa shape index (κ2) is 9.47. The Hall–Kier alpha value is -2.00. The molecule has 2 unspecified atom stereocenters. The first kappa shape index (κ1) is 29.2. The van der Waals surface area contributed by atoms with Gasteiger partial charge in [-0.05, 0) is 93.2 Å². The summed E-state index contributed by atoms with van der Waals surface area (Å²) in [5.74, 6) is 0.773. The molecule has 2 aromatic carbocycles. The van der Waals surface area contributed by atoms with Crippen molar-refractivity contribution in [1.29, 1.82) is 0 Å². The van der Waals surface area contributed by atoms with Crippen LogP contribution in [0.1, 0.15) is 143 Å². The largest absolute Gasteiger partial charge is 0.507 e. The summed E-state index contributed by atoms with van der Waals surface area (Å²) in [7, 11) is 0. The molecule has 0 aliphatic rings. The molecule has 3 heteroatoms. The molecule has 0 bridgehead atoms. The number of benzene rings is 2. The molecular weight excluding hydrogens is 432 g/mol. The monoisotopic (exact) mass is 482 g/mol. The van der Waals surface area contributed by atoms with E-state index in [2.05, 4.69) is 121 Å². The minimum absolute atomic E-state index is 0.169. The van der Waals surface area contributed by atoms with E-state index < -0.39 is 0 Å². The van der Waals surface area contributed by atoms with Crippen LogP contribution in [0.2, 0.25) is 0 Å². The maximum atomic E-state index is 11.1. The van der Waals surface area contributed by atoms with Crippen molar-refractivity contribution in [3.8, 4) is 11.5 Å². The van der Waals surface area contributed by atoms with E-state index in [-0.39, 0.29) is 33.9 Å². The van der Waals surface area contributed by atoms with Crippen LogP contribution in [0, 0.1) is 0 Å². The number of phenolic OH excluding ortho intramolecular Hbond substituents is 2. The van der Waals surface area contributed by atoms with Gasteiger partial charge in [0.15, 0.2) is 0 Å². The molecule has 0 spiro atoms. The van der Waals surface area contributed by atoms with Crippen LogP contribution in [-0.4, -0.2) is 10.2 Å².